The minimum absolute atomic E-state index is 0.636. The molecule has 2 heteroatoms. The van der Waals surface area contributed by atoms with E-state index in [0.29, 0.717) is 12.0 Å². The number of likely N-dealkylation sites (N-methyl/N-ethyl adjacent to an activating group) is 1. The molecule has 0 amide bonds. The van der Waals surface area contributed by atoms with Gasteiger partial charge in [0, 0.05) is 11.1 Å². The van der Waals surface area contributed by atoms with Crippen molar-refractivity contribution in [1.82, 2.24) is 5.32 Å². The largest absolute Gasteiger partial charge is 0.314 e. The number of hydrogen-bond acceptors (Lipinski definition) is 1. The number of rotatable bonds is 3. The normalized spacial score (nSPS) is 25.6. The van der Waals surface area contributed by atoms with Crippen LogP contribution in [0.1, 0.15) is 44.1 Å². The molecule has 16 heavy (non-hydrogen) atoms. The molecule has 1 aliphatic carbocycles. The topological polar surface area (TPSA) is 12.0 Å². The first kappa shape index (κ1) is 11.9. The fourth-order valence-electron chi connectivity index (χ4n) is 2.77. The Morgan fingerprint density at radius 1 is 1.31 bits per heavy atom. The number of nitrogens with one attached hydrogen (secondary N) is 1. The van der Waals surface area contributed by atoms with Gasteiger partial charge in [-0.2, -0.15) is 0 Å². The van der Waals surface area contributed by atoms with Crippen molar-refractivity contribution in [2.45, 2.75) is 44.6 Å². The Morgan fingerprint density at radius 2 is 2.12 bits per heavy atom. The monoisotopic (exact) mass is 237 g/mol. The number of hydrogen-bond donors (Lipinski definition) is 1. The van der Waals surface area contributed by atoms with Crippen LogP contribution in [0.3, 0.4) is 0 Å². The van der Waals surface area contributed by atoms with Crippen LogP contribution in [0.4, 0.5) is 0 Å². The summed E-state index contributed by atoms with van der Waals surface area (Å²) in [5.74, 6) is 0.646. The summed E-state index contributed by atoms with van der Waals surface area (Å²) in [6, 6.07) is 9.00. The lowest BCUT2D eigenvalue weighted by atomic mass is 9.80. The summed E-state index contributed by atoms with van der Waals surface area (Å²) in [5, 5.41) is 4.47. The van der Waals surface area contributed by atoms with Crippen LogP contribution in [0.2, 0.25) is 5.02 Å². The van der Waals surface area contributed by atoms with Gasteiger partial charge in [-0.25, -0.2) is 0 Å². The SMILES string of the molecule is CCNC1CCCCC1c1cccc(Cl)c1. The van der Waals surface area contributed by atoms with Crippen molar-refractivity contribution in [3.05, 3.63) is 34.9 Å². The second kappa shape index (κ2) is 5.70. The van der Waals surface area contributed by atoms with Crippen molar-refractivity contribution in [3.8, 4) is 0 Å². The van der Waals surface area contributed by atoms with Gasteiger partial charge < -0.3 is 5.32 Å². The molecule has 1 fully saturated rings. The maximum absolute atomic E-state index is 6.07. The quantitative estimate of drug-likeness (QED) is 0.839. The van der Waals surface area contributed by atoms with Crippen LogP contribution in [-0.2, 0) is 0 Å². The lowest BCUT2D eigenvalue weighted by Gasteiger charge is -2.32. The first-order chi connectivity index (χ1) is 7.81. The lowest BCUT2D eigenvalue weighted by Crippen LogP contribution is -2.37. The molecule has 0 heterocycles. The van der Waals surface area contributed by atoms with Gasteiger partial charge in [-0.1, -0.05) is 43.5 Å². The highest BCUT2D eigenvalue weighted by molar-refractivity contribution is 6.30. The Kier molecular flexibility index (Phi) is 4.25. The molecule has 1 aromatic rings. The predicted molar refractivity (Wildman–Crippen MR) is 70.1 cm³/mol. The molecule has 2 rings (SSSR count). The summed E-state index contributed by atoms with van der Waals surface area (Å²) in [6.07, 6.45) is 5.29. The maximum atomic E-state index is 6.07. The third-order valence-electron chi connectivity index (χ3n) is 3.51. The zero-order valence-corrected chi connectivity index (χ0v) is 10.6. The highest BCUT2D eigenvalue weighted by atomic mass is 35.5. The fourth-order valence-corrected chi connectivity index (χ4v) is 2.97. The Morgan fingerprint density at radius 3 is 2.88 bits per heavy atom. The van der Waals surface area contributed by atoms with Gasteiger partial charge in [-0.05, 0) is 43.0 Å². The van der Waals surface area contributed by atoms with Crippen molar-refractivity contribution in [2.24, 2.45) is 0 Å². The van der Waals surface area contributed by atoms with Gasteiger partial charge in [0.25, 0.3) is 0 Å². The van der Waals surface area contributed by atoms with Gasteiger partial charge in [-0.3, -0.25) is 0 Å². The third kappa shape index (κ3) is 2.78. The molecule has 2 unspecified atom stereocenters. The van der Waals surface area contributed by atoms with Crippen LogP contribution in [-0.4, -0.2) is 12.6 Å². The number of halogens is 1. The molecule has 2 atom stereocenters. The first-order valence-electron chi connectivity index (χ1n) is 6.30. The second-order valence-electron chi connectivity index (χ2n) is 4.61. The summed E-state index contributed by atoms with van der Waals surface area (Å²) < 4.78 is 0. The summed E-state index contributed by atoms with van der Waals surface area (Å²) in [5.41, 5.74) is 1.40. The molecule has 1 aromatic carbocycles. The second-order valence-corrected chi connectivity index (χ2v) is 5.05. The minimum atomic E-state index is 0.636. The fraction of sp³-hybridized carbons (Fsp3) is 0.571. The van der Waals surface area contributed by atoms with Crippen LogP contribution in [0.5, 0.6) is 0 Å². The molecule has 0 aromatic heterocycles. The molecular formula is C14H20ClN. The van der Waals surface area contributed by atoms with E-state index in [0.717, 1.165) is 11.6 Å². The van der Waals surface area contributed by atoms with Crippen LogP contribution < -0.4 is 5.32 Å². The average molecular weight is 238 g/mol. The average Bonchev–Trinajstić information content (AvgIpc) is 2.30. The molecule has 0 saturated heterocycles. The Hall–Kier alpha value is -0.530. The van der Waals surface area contributed by atoms with Crippen LogP contribution in [0.25, 0.3) is 0 Å². The summed E-state index contributed by atoms with van der Waals surface area (Å²) >= 11 is 6.07. The van der Waals surface area contributed by atoms with Gasteiger partial charge in [0.2, 0.25) is 0 Å². The molecule has 1 nitrogen and oxygen atoms in total. The summed E-state index contributed by atoms with van der Waals surface area (Å²) in [4.78, 5) is 0. The van der Waals surface area contributed by atoms with Gasteiger partial charge in [0.1, 0.15) is 0 Å². The van der Waals surface area contributed by atoms with E-state index in [-0.39, 0.29) is 0 Å². The molecule has 1 N–H and O–H groups in total. The van der Waals surface area contributed by atoms with E-state index in [1.807, 2.05) is 6.07 Å². The van der Waals surface area contributed by atoms with E-state index in [4.69, 9.17) is 11.6 Å². The van der Waals surface area contributed by atoms with Crippen molar-refractivity contribution in [3.63, 3.8) is 0 Å². The third-order valence-corrected chi connectivity index (χ3v) is 3.74. The Balaban J connectivity index is 2.16. The van der Waals surface area contributed by atoms with Gasteiger partial charge in [-0.15, -0.1) is 0 Å². The Labute approximate surface area is 103 Å². The highest BCUT2D eigenvalue weighted by Gasteiger charge is 2.25. The lowest BCUT2D eigenvalue weighted by molar-refractivity contribution is 0.332. The van der Waals surface area contributed by atoms with E-state index in [9.17, 15) is 0 Å². The van der Waals surface area contributed by atoms with E-state index < -0.39 is 0 Å². The zero-order valence-electron chi connectivity index (χ0n) is 9.88. The van der Waals surface area contributed by atoms with Crippen molar-refractivity contribution < 1.29 is 0 Å². The first-order valence-corrected chi connectivity index (χ1v) is 6.68. The van der Waals surface area contributed by atoms with E-state index in [2.05, 4.69) is 30.4 Å². The molecule has 0 bridgehead atoms. The van der Waals surface area contributed by atoms with Crippen molar-refractivity contribution in [1.29, 1.82) is 0 Å². The van der Waals surface area contributed by atoms with Gasteiger partial charge in [0.05, 0.1) is 0 Å². The zero-order chi connectivity index (χ0) is 11.4. The molecule has 88 valence electrons. The predicted octanol–water partition coefficient (Wildman–Crippen LogP) is 3.98. The van der Waals surface area contributed by atoms with Gasteiger partial charge in [0.15, 0.2) is 0 Å². The molecule has 0 aliphatic heterocycles. The standard InChI is InChI=1S/C14H20ClN/c1-2-16-14-9-4-3-8-13(14)11-6-5-7-12(15)10-11/h5-7,10,13-14,16H,2-4,8-9H2,1H3. The van der Waals surface area contributed by atoms with E-state index in [1.54, 1.807) is 0 Å². The molecule has 1 aliphatic rings. The smallest absolute Gasteiger partial charge is 0.0408 e. The van der Waals surface area contributed by atoms with Crippen LogP contribution in [0.15, 0.2) is 24.3 Å². The number of benzene rings is 1. The molecule has 1 saturated carbocycles. The van der Waals surface area contributed by atoms with Crippen LogP contribution >= 0.6 is 11.6 Å². The van der Waals surface area contributed by atoms with Crippen LogP contribution in [0, 0.1) is 0 Å². The molecule has 0 spiro atoms. The molecular weight excluding hydrogens is 218 g/mol. The van der Waals surface area contributed by atoms with Crippen molar-refractivity contribution >= 4 is 11.6 Å². The maximum Gasteiger partial charge on any atom is 0.0408 e. The Bertz CT molecular complexity index is 335. The van der Waals surface area contributed by atoms with E-state index >= 15 is 0 Å². The molecule has 0 radical (unpaired) electrons. The highest BCUT2D eigenvalue weighted by Crippen LogP contribution is 2.33. The summed E-state index contributed by atoms with van der Waals surface area (Å²) in [6.45, 7) is 3.24. The van der Waals surface area contributed by atoms with Gasteiger partial charge >= 0.3 is 0 Å². The minimum Gasteiger partial charge on any atom is -0.314 e. The van der Waals surface area contributed by atoms with Crippen molar-refractivity contribution in [2.75, 3.05) is 6.54 Å². The van der Waals surface area contributed by atoms with E-state index in [1.165, 1.54) is 31.2 Å². The summed E-state index contributed by atoms with van der Waals surface area (Å²) in [7, 11) is 0.